The minimum atomic E-state index is -0.244. The lowest BCUT2D eigenvalue weighted by Gasteiger charge is -2.01. The van der Waals surface area contributed by atoms with E-state index in [1.54, 1.807) is 6.92 Å². The molecular formula is C10H18N4O2. The number of aromatic nitrogens is 3. The van der Waals surface area contributed by atoms with Gasteiger partial charge in [-0.1, -0.05) is 12.8 Å². The molecule has 1 heterocycles. The summed E-state index contributed by atoms with van der Waals surface area (Å²) in [5.74, 6) is 0.576. The molecule has 0 fully saturated rings. The molecule has 0 aliphatic carbocycles. The van der Waals surface area contributed by atoms with E-state index in [2.05, 4.69) is 20.5 Å². The molecule has 6 heteroatoms. The first-order chi connectivity index (χ1) is 7.74. The molecule has 1 rings (SSSR count). The number of hydrogen-bond donors (Lipinski definition) is 3. The van der Waals surface area contributed by atoms with Crippen LogP contribution in [0.5, 0.6) is 0 Å². The number of H-pyrrole nitrogens is 1. The zero-order valence-electron chi connectivity index (χ0n) is 9.49. The van der Waals surface area contributed by atoms with Crippen LogP contribution < -0.4 is 5.32 Å². The molecule has 0 saturated carbocycles. The second kappa shape index (κ2) is 6.95. The Morgan fingerprint density at radius 2 is 2.12 bits per heavy atom. The highest BCUT2D eigenvalue weighted by molar-refractivity contribution is 5.90. The average molecular weight is 226 g/mol. The molecular weight excluding hydrogens is 208 g/mol. The highest BCUT2D eigenvalue weighted by atomic mass is 16.2. The molecule has 0 aliphatic rings. The summed E-state index contributed by atoms with van der Waals surface area (Å²) in [6.07, 6.45) is 3.74. The Morgan fingerprint density at radius 1 is 1.38 bits per heavy atom. The first-order valence-electron chi connectivity index (χ1n) is 5.52. The maximum atomic E-state index is 11.5. The van der Waals surface area contributed by atoms with Gasteiger partial charge in [0, 0.05) is 13.2 Å². The van der Waals surface area contributed by atoms with Crippen molar-refractivity contribution in [3.8, 4) is 0 Å². The second-order valence-corrected chi connectivity index (χ2v) is 3.64. The van der Waals surface area contributed by atoms with Crippen LogP contribution >= 0.6 is 0 Å². The highest BCUT2D eigenvalue weighted by Crippen LogP contribution is 1.98. The number of nitrogens with one attached hydrogen (secondary N) is 2. The van der Waals surface area contributed by atoms with Gasteiger partial charge < -0.3 is 10.4 Å². The third-order valence-electron chi connectivity index (χ3n) is 2.17. The maximum absolute atomic E-state index is 11.5. The smallest absolute Gasteiger partial charge is 0.290 e. The molecule has 1 aromatic rings. The number of aliphatic hydroxyl groups excluding tert-OH is 1. The summed E-state index contributed by atoms with van der Waals surface area (Å²) in [4.78, 5) is 15.4. The van der Waals surface area contributed by atoms with Crippen molar-refractivity contribution in [2.24, 2.45) is 0 Å². The van der Waals surface area contributed by atoms with Gasteiger partial charge in [0.25, 0.3) is 5.91 Å². The first-order valence-corrected chi connectivity index (χ1v) is 5.52. The summed E-state index contributed by atoms with van der Waals surface area (Å²) >= 11 is 0. The number of aryl methyl sites for hydroxylation is 1. The van der Waals surface area contributed by atoms with Gasteiger partial charge in [0.05, 0.1) is 0 Å². The van der Waals surface area contributed by atoms with Crippen LogP contribution in [0.25, 0.3) is 0 Å². The minimum absolute atomic E-state index is 0.188. The molecule has 90 valence electrons. The van der Waals surface area contributed by atoms with Crippen molar-refractivity contribution in [2.45, 2.75) is 32.6 Å². The molecule has 1 aromatic heterocycles. The average Bonchev–Trinajstić information content (AvgIpc) is 2.70. The number of hydrogen-bond acceptors (Lipinski definition) is 4. The second-order valence-electron chi connectivity index (χ2n) is 3.64. The number of carbonyl (C=O) groups excluding carboxylic acids is 1. The van der Waals surface area contributed by atoms with Crippen molar-refractivity contribution in [3.05, 3.63) is 11.6 Å². The van der Waals surface area contributed by atoms with Gasteiger partial charge in [0.1, 0.15) is 5.82 Å². The molecule has 0 aromatic carbocycles. The van der Waals surface area contributed by atoms with Crippen LogP contribution in [0.2, 0.25) is 0 Å². The molecule has 0 saturated heterocycles. The van der Waals surface area contributed by atoms with E-state index in [1.165, 1.54) is 0 Å². The lowest BCUT2D eigenvalue weighted by Crippen LogP contribution is -2.25. The number of amides is 1. The maximum Gasteiger partial charge on any atom is 0.290 e. The van der Waals surface area contributed by atoms with E-state index >= 15 is 0 Å². The molecule has 1 amide bonds. The van der Waals surface area contributed by atoms with E-state index in [9.17, 15) is 4.79 Å². The highest BCUT2D eigenvalue weighted by Gasteiger charge is 2.09. The third kappa shape index (κ3) is 4.39. The fourth-order valence-electron chi connectivity index (χ4n) is 1.32. The van der Waals surface area contributed by atoms with E-state index in [4.69, 9.17) is 5.11 Å². The first kappa shape index (κ1) is 12.6. The Hall–Kier alpha value is -1.43. The molecule has 0 aliphatic heterocycles. The molecule has 0 atom stereocenters. The number of carbonyl (C=O) groups is 1. The van der Waals surface area contributed by atoms with Gasteiger partial charge in [-0.2, -0.15) is 0 Å². The quantitative estimate of drug-likeness (QED) is 0.587. The van der Waals surface area contributed by atoms with Crippen LogP contribution in [0.15, 0.2) is 0 Å². The number of aromatic amines is 1. The standard InChI is InChI=1S/C10H18N4O2/c1-8-12-9(14-13-8)10(16)11-6-4-2-3-5-7-15/h15H,2-7H2,1H3,(H,11,16)(H,12,13,14). The molecule has 0 radical (unpaired) electrons. The molecule has 0 unspecified atom stereocenters. The van der Waals surface area contributed by atoms with E-state index in [0.717, 1.165) is 25.7 Å². The Morgan fingerprint density at radius 3 is 2.75 bits per heavy atom. The Balaban J connectivity index is 2.11. The monoisotopic (exact) mass is 226 g/mol. The summed E-state index contributed by atoms with van der Waals surface area (Å²) < 4.78 is 0. The Labute approximate surface area is 94.5 Å². The molecule has 0 spiro atoms. The van der Waals surface area contributed by atoms with E-state index in [1.807, 2.05) is 0 Å². The van der Waals surface area contributed by atoms with E-state index in [-0.39, 0.29) is 18.3 Å². The van der Waals surface area contributed by atoms with Crippen LogP contribution in [-0.2, 0) is 0 Å². The summed E-state index contributed by atoms with van der Waals surface area (Å²) in [7, 11) is 0. The van der Waals surface area contributed by atoms with Gasteiger partial charge in [-0.15, -0.1) is 5.10 Å². The van der Waals surface area contributed by atoms with Gasteiger partial charge in [0.2, 0.25) is 5.82 Å². The van der Waals surface area contributed by atoms with Crippen LogP contribution in [0.3, 0.4) is 0 Å². The lowest BCUT2D eigenvalue weighted by atomic mass is 10.2. The largest absolute Gasteiger partial charge is 0.396 e. The predicted molar refractivity (Wildman–Crippen MR) is 59.0 cm³/mol. The minimum Gasteiger partial charge on any atom is -0.396 e. The van der Waals surface area contributed by atoms with Crippen molar-refractivity contribution in [2.75, 3.05) is 13.2 Å². The van der Waals surface area contributed by atoms with Gasteiger partial charge in [-0.25, -0.2) is 4.98 Å². The van der Waals surface area contributed by atoms with Crippen LogP contribution in [-0.4, -0.2) is 39.3 Å². The zero-order chi connectivity index (χ0) is 11.8. The molecule has 3 N–H and O–H groups in total. The predicted octanol–water partition coefficient (Wildman–Crippen LogP) is 0.396. The number of nitrogens with zero attached hydrogens (tertiary/aromatic N) is 2. The third-order valence-corrected chi connectivity index (χ3v) is 2.17. The van der Waals surface area contributed by atoms with Crippen molar-refractivity contribution in [1.29, 1.82) is 0 Å². The van der Waals surface area contributed by atoms with Gasteiger partial charge in [-0.05, 0) is 19.8 Å². The SMILES string of the molecule is Cc1nc(C(=O)NCCCCCCO)n[nH]1. The van der Waals surface area contributed by atoms with Crippen molar-refractivity contribution in [1.82, 2.24) is 20.5 Å². The zero-order valence-corrected chi connectivity index (χ0v) is 9.49. The topological polar surface area (TPSA) is 90.9 Å². The fourth-order valence-corrected chi connectivity index (χ4v) is 1.32. The molecule has 0 bridgehead atoms. The van der Waals surface area contributed by atoms with Crippen LogP contribution in [0.1, 0.15) is 42.1 Å². The number of rotatable bonds is 7. The summed E-state index contributed by atoms with van der Waals surface area (Å²) in [5.41, 5.74) is 0. The fraction of sp³-hybridized carbons (Fsp3) is 0.700. The molecule has 16 heavy (non-hydrogen) atoms. The van der Waals surface area contributed by atoms with Crippen molar-refractivity contribution < 1.29 is 9.90 Å². The number of unbranched alkanes of at least 4 members (excludes halogenated alkanes) is 3. The summed E-state index contributed by atoms with van der Waals surface area (Å²) in [5, 5.41) is 17.7. The lowest BCUT2D eigenvalue weighted by molar-refractivity contribution is 0.0943. The van der Waals surface area contributed by atoms with E-state index < -0.39 is 0 Å². The van der Waals surface area contributed by atoms with Gasteiger partial charge in [-0.3, -0.25) is 9.89 Å². The normalized spacial score (nSPS) is 10.4. The van der Waals surface area contributed by atoms with E-state index in [0.29, 0.717) is 12.4 Å². The summed E-state index contributed by atoms with van der Waals surface area (Å²) in [6, 6.07) is 0. The Kier molecular flexibility index (Phi) is 5.49. The summed E-state index contributed by atoms with van der Waals surface area (Å²) in [6.45, 7) is 2.61. The molecule has 6 nitrogen and oxygen atoms in total. The van der Waals surface area contributed by atoms with Crippen LogP contribution in [0.4, 0.5) is 0 Å². The Bertz CT molecular complexity index is 324. The van der Waals surface area contributed by atoms with Crippen LogP contribution in [0, 0.1) is 6.92 Å². The van der Waals surface area contributed by atoms with Gasteiger partial charge >= 0.3 is 0 Å². The number of aliphatic hydroxyl groups is 1. The van der Waals surface area contributed by atoms with Gasteiger partial charge in [0.15, 0.2) is 0 Å². The van der Waals surface area contributed by atoms with Crippen molar-refractivity contribution in [3.63, 3.8) is 0 Å². The van der Waals surface area contributed by atoms with Crippen molar-refractivity contribution >= 4 is 5.91 Å².